The van der Waals surface area contributed by atoms with Crippen LogP contribution in [-0.4, -0.2) is 54.0 Å². The summed E-state index contributed by atoms with van der Waals surface area (Å²) >= 11 is 0.924. The number of para-hydroxylation sites is 1. The van der Waals surface area contributed by atoms with Crippen molar-refractivity contribution in [3.63, 3.8) is 0 Å². The molecule has 0 radical (unpaired) electrons. The van der Waals surface area contributed by atoms with Crippen molar-refractivity contribution in [2.75, 3.05) is 23.0 Å². The van der Waals surface area contributed by atoms with Crippen molar-refractivity contribution < 1.29 is 22.7 Å². The zero-order chi connectivity index (χ0) is 19.4. The minimum absolute atomic E-state index is 0.0421. The highest BCUT2D eigenvalue weighted by Crippen LogP contribution is 2.25. The van der Waals surface area contributed by atoms with Gasteiger partial charge in [0.1, 0.15) is 0 Å². The Labute approximate surface area is 161 Å². The molecule has 8 nitrogen and oxygen atoms in total. The minimum Gasteiger partial charge on any atom is -0.451 e. The minimum atomic E-state index is -3.17. The highest BCUT2D eigenvalue weighted by atomic mass is 32.2. The normalized spacial score (nSPS) is 18.2. The number of carbonyl (C=O) groups excluding carboxylic acids is 2. The van der Waals surface area contributed by atoms with E-state index >= 15 is 0 Å². The van der Waals surface area contributed by atoms with Crippen LogP contribution < -0.4 is 4.90 Å². The van der Waals surface area contributed by atoms with Gasteiger partial charge in [-0.05, 0) is 36.5 Å². The first-order chi connectivity index (χ1) is 12.9. The molecule has 1 saturated heterocycles. The third kappa shape index (κ3) is 4.51. The number of benzene rings is 1. The number of hydrogen-bond acceptors (Lipinski definition) is 8. The van der Waals surface area contributed by atoms with E-state index in [-0.39, 0.29) is 16.4 Å². The lowest BCUT2D eigenvalue weighted by atomic mass is 10.2. The number of ether oxygens (including phenoxy) is 1. The van der Waals surface area contributed by atoms with Crippen LogP contribution in [0.3, 0.4) is 0 Å². The maximum Gasteiger partial charge on any atom is 0.352 e. The van der Waals surface area contributed by atoms with Gasteiger partial charge in [-0.1, -0.05) is 29.6 Å². The fraction of sp³-hybridized carbons (Fsp3) is 0.412. The second-order valence-electron chi connectivity index (χ2n) is 6.13. The molecule has 1 atom stereocenters. The smallest absolute Gasteiger partial charge is 0.352 e. The largest absolute Gasteiger partial charge is 0.451 e. The third-order valence-electron chi connectivity index (χ3n) is 4.28. The predicted molar refractivity (Wildman–Crippen MR) is 101 cm³/mol. The second-order valence-corrected chi connectivity index (χ2v) is 9.12. The maximum absolute atomic E-state index is 12.8. The molecule has 144 valence electrons. The molecular weight excluding hydrogens is 390 g/mol. The van der Waals surface area contributed by atoms with E-state index in [1.807, 2.05) is 6.92 Å². The van der Waals surface area contributed by atoms with Crippen molar-refractivity contribution in [2.24, 2.45) is 0 Å². The molecule has 1 fully saturated rings. The molecule has 0 aliphatic carbocycles. The molecule has 1 aliphatic rings. The fourth-order valence-corrected chi connectivity index (χ4v) is 5.33. The summed E-state index contributed by atoms with van der Waals surface area (Å²) in [4.78, 5) is 26.7. The molecule has 3 rings (SSSR count). The Morgan fingerprint density at radius 3 is 2.67 bits per heavy atom. The van der Waals surface area contributed by atoms with Crippen molar-refractivity contribution in [1.82, 2.24) is 9.59 Å². The summed E-state index contributed by atoms with van der Waals surface area (Å²) in [7, 11) is -3.17. The average molecular weight is 409 g/mol. The molecule has 1 aromatic heterocycles. The van der Waals surface area contributed by atoms with Crippen LogP contribution in [0.25, 0.3) is 0 Å². The lowest BCUT2D eigenvalue weighted by Crippen LogP contribution is -2.43. The standard InChI is InChI=1S/C17H19N3O5S2/c1-2-14-16(26-19-18-14)17(22)25-10-15(21)20(12-6-4-3-5-7-12)13-8-9-27(23,24)11-13/h3-7,13H,2,8-11H2,1H3/t13-/m1/s1. The third-order valence-corrected chi connectivity index (χ3v) is 6.78. The van der Waals surface area contributed by atoms with E-state index in [9.17, 15) is 18.0 Å². The molecule has 0 spiro atoms. The summed E-state index contributed by atoms with van der Waals surface area (Å²) in [6.07, 6.45) is 0.889. The molecule has 0 unspecified atom stereocenters. The first-order valence-corrected chi connectivity index (χ1v) is 11.1. The molecule has 2 aromatic rings. The second kappa shape index (κ2) is 8.13. The molecule has 27 heavy (non-hydrogen) atoms. The van der Waals surface area contributed by atoms with E-state index in [4.69, 9.17) is 4.74 Å². The average Bonchev–Trinajstić information content (AvgIpc) is 3.27. The van der Waals surface area contributed by atoms with Crippen LogP contribution in [0.1, 0.15) is 28.7 Å². The Balaban J connectivity index is 1.74. The Hall–Kier alpha value is -2.33. The molecule has 0 bridgehead atoms. The van der Waals surface area contributed by atoms with Crippen LogP contribution >= 0.6 is 11.5 Å². The summed E-state index contributed by atoms with van der Waals surface area (Å²) in [5, 5.41) is 3.85. The van der Waals surface area contributed by atoms with Gasteiger partial charge >= 0.3 is 5.97 Å². The molecule has 0 N–H and O–H groups in total. The lowest BCUT2D eigenvalue weighted by Gasteiger charge is -2.28. The molecule has 10 heteroatoms. The highest BCUT2D eigenvalue weighted by Gasteiger charge is 2.36. The molecule has 1 aromatic carbocycles. The molecule has 1 amide bonds. The highest BCUT2D eigenvalue weighted by molar-refractivity contribution is 7.91. The van der Waals surface area contributed by atoms with Crippen LogP contribution in [0, 0.1) is 0 Å². The van der Waals surface area contributed by atoms with E-state index in [1.165, 1.54) is 4.90 Å². The first-order valence-electron chi connectivity index (χ1n) is 8.47. The molecule has 2 heterocycles. The lowest BCUT2D eigenvalue weighted by molar-refractivity contribution is -0.122. The number of carbonyl (C=O) groups is 2. The van der Waals surface area contributed by atoms with Gasteiger partial charge in [-0.15, -0.1) is 5.10 Å². The van der Waals surface area contributed by atoms with Crippen molar-refractivity contribution >= 4 is 38.9 Å². The van der Waals surface area contributed by atoms with Gasteiger partial charge in [0.15, 0.2) is 21.3 Å². The predicted octanol–water partition coefficient (Wildman–Crippen LogP) is 1.48. The number of aryl methyl sites for hydroxylation is 1. The van der Waals surface area contributed by atoms with E-state index < -0.39 is 34.4 Å². The Morgan fingerprint density at radius 1 is 1.30 bits per heavy atom. The molecular formula is C17H19N3O5S2. The number of amides is 1. The van der Waals surface area contributed by atoms with Crippen molar-refractivity contribution in [3.8, 4) is 0 Å². The number of rotatable bonds is 6. The van der Waals surface area contributed by atoms with Crippen molar-refractivity contribution in [3.05, 3.63) is 40.9 Å². The van der Waals surface area contributed by atoms with Crippen molar-refractivity contribution in [2.45, 2.75) is 25.8 Å². The molecule has 0 saturated carbocycles. The zero-order valence-electron chi connectivity index (χ0n) is 14.7. The van der Waals surface area contributed by atoms with Gasteiger partial charge in [0.2, 0.25) is 0 Å². The first kappa shape index (κ1) is 19.4. The van der Waals surface area contributed by atoms with E-state index in [0.717, 1.165) is 11.5 Å². The Kier molecular flexibility index (Phi) is 5.85. The topological polar surface area (TPSA) is 107 Å². The van der Waals surface area contributed by atoms with Crippen molar-refractivity contribution in [1.29, 1.82) is 0 Å². The van der Waals surface area contributed by atoms with Gasteiger partial charge in [0.05, 0.1) is 23.2 Å². The SMILES string of the molecule is CCc1nnsc1C(=O)OCC(=O)N(c1ccccc1)[C@@H]1CCS(=O)(=O)C1. The van der Waals surface area contributed by atoms with E-state index in [1.54, 1.807) is 30.3 Å². The van der Waals surface area contributed by atoms with E-state index in [2.05, 4.69) is 9.59 Å². The number of hydrogen-bond donors (Lipinski definition) is 0. The fourth-order valence-electron chi connectivity index (χ4n) is 2.98. The Bertz CT molecular complexity index is 927. The van der Waals surface area contributed by atoms with Gasteiger partial charge < -0.3 is 9.64 Å². The summed E-state index contributed by atoms with van der Waals surface area (Å²) in [5.74, 6) is -1.17. The number of esters is 1. The van der Waals surface area contributed by atoms with Gasteiger partial charge in [0, 0.05) is 5.69 Å². The number of anilines is 1. The zero-order valence-corrected chi connectivity index (χ0v) is 16.3. The van der Waals surface area contributed by atoms with Crippen LogP contribution in [0.5, 0.6) is 0 Å². The van der Waals surface area contributed by atoms with Crippen LogP contribution in [-0.2, 0) is 25.8 Å². The number of aromatic nitrogens is 2. The van der Waals surface area contributed by atoms with E-state index in [0.29, 0.717) is 24.2 Å². The summed E-state index contributed by atoms with van der Waals surface area (Å²) in [6, 6.07) is 8.32. The maximum atomic E-state index is 12.8. The molecule has 1 aliphatic heterocycles. The summed E-state index contributed by atoms with van der Waals surface area (Å²) < 4.78 is 32.6. The Morgan fingerprint density at radius 2 is 2.04 bits per heavy atom. The van der Waals surface area contributed by atoms with Crippen LogP contribution in [0.4, 0.5) is 5.69 Å². The van der Waals surface area contributed by atoms with Gasteiger partial charge in [-0.25, -0.2) is 13.2 Å². The van der Waals surface area contributed by atoms with Crippen LogP contribution in [0.15, 0.2) is 30.3 Å². The summed E-state index contributed by atoms with van der Waals surface area (Å²) in [5.41, 5.74) is 1.11. The van der Waals surface area contributed by atoms with Gasteiger partial charge in [-0.2, -0.15) is 0 Å². The monoisotopic (exact) mass is 409 g/mol. The summed E-state index contributed by atoms with van der Waals surface area (Å²) in [6.45, 7) is 1.36. The van der Waals surface area contributed by atoms with Crippen LogP contribution in [0.2, 0.25) is 0 Å². The quantitative estimate of drug-likeness (QED) is 0.665. The van der Waals surface area contributed by atoms with Gasteiger partial charge in [-0.3, -0.25) is 4.79 Å². The number of sulfone groups is 1. The number of nitrogens with zero attached hydrogens (tertiary/aromatic N) is 3. The van der Waals surface area contributed by atoms with Gasteiger partial charge in [0.25, 0.3) is 5.91 Å².